The van der Waals surface area contributed by atoms with Crippen LogP contribution in [0.5, 0.6) is 0 Å². The van der Waals surface area contributed by atoms with Gasteiger partial charge >= 0.3 is 5.97 Å². The van der Waals surface area contributed by atoms with Gasteiger partial charge in [-0.1, -0.05) is 91.6 Å². The summed E-state index contributed by atoms with van der Waals surface area (Å²) in [6.07, 6.45) is 5.71. The lowest BCUT2D eigenvalue weighted by Gasteiger charge is -2.40. The molecular weight excluding hydrogens is 741 g/mol. The topological polar surface area (TPSA) is 156 Å². The molecule has 0 saturated carbocycles. The number of carbonyl (C=O) groups excluding carboxylic acids is 4. The average Bonchev–Trinajstić information content (AvgIpc) is 3.69. The molecule has 0 aliphatic carbocycles. The minimum Gasteiger partial charge on any atom is -0.461 e. The van der Waals surface area contributed by atoms with Crippen molar-refractivity contribution in [2.75, 3.05) is 33.3 Å². The number of likely N-dealkylation sites (tertiary alicyclic amines) is 1. The third kappa shape index (κ3) is 14.7. The molecule has 2 aromatic rings. The smallest absolute Gasteiger partial charge is 0.309 e. The first-order valence-electron chi connectivity index (χ1n) is 21.4. The van der Waals surface area contributed by atoms with Crippen LogP contribution in [0.25, 0.3) is 0 Å². The van der Waals surface area contributed by atoms with Gasteiger partial charge in [-0.3, -0.25) is 24.1 Å². The lowest BCUT2D eigenvalue weighted by atomic mass is 9.92. The van der Waals surface area contributed by atoms with Crippen molar-refractivity contribution in [1.82, 2.24) is 25.4 Å². The number of likely N-dealkylation sites (N-methyl/N-ethyl adjacent to an activating group) is 1. The van der Waals surface area contributed by atoms with Crippen molar-refractivity contribution in [3.05, 3.63) is 52.0 Å². The Labute approximate surface area is 346 Å². The van der Waals surface area contributed by atoms with E-state index in [1.807, 2.05) is 56.1 Å². The molecular formula is C44H72N6O6S. The number of nitrogens with one attached hydrogen (secondary N) is 2. The van der Waals surface area contributed by atoms with Gasteiger partial charge < -0.3 is 30.7 Å². The van der Waals surface area contributed by atoms with Crippen LogP contribution in [0, 0.1) is 17.8 Å². The summed E-state index contributed by atoms with van der Waals surface area (Å²) in [6, 6.07) is 8.41. The second-order valence-electron chi connectivity index (χ2n) is 16.4. The lowest BCUT2D eigenvalue weighted by molar-refractivity contribution is -0.152. The third-order valence-corrected chi connectivity index (χ3v) is 12.1. The van der Waals surface area contributed by atoms with Crippen LogP contribution < -0.4 is 16.4 Å². The van der Waals surface area contributed by atoms with Gasteiger partial charge in [0, 0.05) is 43.6 Å². The Morgan fingerprint density at radius 2 is 1.72 bits per heavy atom. The number of nitrogens with two attached hydrogens (primary N) is 1. The number of piperidine rings is 1. The van der Waals surface area contributed by atoms with Crippen LogP contribution in [0.1, 0.15) is 134 Å². The van der Waals surface area contributed by atoms with Crippen molar-refractivity contribution in [3.8, 4) is 0 Å². The second-order valence-corrected chi connectivity index (χ2v) is 17.2. The summed E-state index contributed by atoms with van der Waals surface area (Å²) in [4.78, 5) is 63.9. The number of ether oxygens (including phenoxy) is 2. The van der Waals surface area contributed by atoms with Gasteiger partial charge in [0.2, 0.25) is 11.8 Å². The van der Waals surface area contributed by atoms with Crippen molar-refractivity contribution >= 4 is 35.0 Å². The van der Waals surface area contributed by atoms with Gasteiger partial charge in [-0.2, -0.15) is 0 Å². The van der Waals surface area contributed by atoms with E-state index in [-0.39, 0.29) is 65.9 Å². The predicted molar refractivity (Wildman–Crippen MR) is 228 cm³/mol. The fourth-order valence-corrected chi connectivity index (χ4v) is 8.31. The summed E-state index contributed by atoms with van der Waals surface area (Å²) in [5.74, 6) is -1.26. The predicted octanol–water partition coefficient (Wildman–Crippen LogP) is 6.54. The second kappa shape index (κ2) is 24.5. The van der Waals surface area contributed by atoms with E-state index in [2.05, 4.69) is 43.2 Å². The highest BCUT2D eigenvalue weighted by molar-refractivity contribution is 7.09. The maximum atomic E-state index is 14.7. The fourth-order valence-electron chi connectivity index (χ4n) is 7.45. The standard InChI is InChI=1S/C44H72N6O6S/c1-10-21-50(43(53)39(30(6)12-3)48-41(52)36-20-16-17-22-49(36)9)37(29(4)5)26-38(55-23-11-2)42-47-35(28-57-42)40(51)46-34(25-33-18-14-13-15-19-33)24-31(7)44(54)56-32(8)27-45/h13-15,18-19,28-32,34,36-39H,10-12,16-17,20-27,45H2,1-9H3,(H,46,51)(H,48,52)/t30-,31-,32?,34+,36+,37+,38+,39-/m0/s1. The van der Waals surface area contributed by atoms with Gasteiger partial charge in [0.1, 0.15) is 29.0 Å². The number of thiazole rings is 1. The Bertz CT molecular complexity index is 1520. The molecule has 1 saturated heterocycles. The SMILES string of the molecule is CCCO[C@H](C[C@H](C(C)C)N(CCC)C(=O)[C@@H](NC(=O)[C@H]1CCCCN1C)[C@@H](C)CC)c1nc(C(=O)N[C@@H](Cc2ccccc2)C[C@H](C)C(=O)OC(C)CN)cs1. The zero-order valence-corrected chi connectivity index (χ0v) is 36.9. The van der Waals surface area contributed by atoms with E-state index in [4.69, 9.17) is 20.2 Å². The van der Waals surface area contributed by atoms with Crippen LogP contribution >= 0.6 is 11.3 Å². The number of benzene rings is 1. The first kappa shape index (κ1) is 48.0. The Morgan fingerprint density at radius 3 is 2.33 bits per heavy atom. The molecule has 1 aliphatic rings. The summed E-state index contributed by atoms with van der Waals surface area (Å²) in [5.41, 5.74) is 6.99. The quantitative estimate of drug-likeness (QED) is 0.100. The van der Waals surface area contributed by atoms with Gasteiger partial charge in [0.25, 0.3) is 5.91 Å². The summed E-state index contributed by atoms with van der Waals surface area (Å²) >= 11 is 1.37. The normalized spacial score (nSPS) is 18.5. The molecule has 57 heavy (non-hydrogen) atoms. The number of aromatic nitrogens is 1. The summed E-state index contributed by atoms with van der Waals surface area (Å²) in [7, 11) is 1.99. The Morgan fingerprint density at radius 1 is 1.00 bits per heavy atom. The Hall–Kier alpha value is -3.39. The molecule has 1 unspecified atom stereocenters. The molecule has 3 rings (SSSR count). The van der Waals surface area contributed by atoms with Gasteiger partial charge in [-0.15, -0.1) is 11.3 Å². The van der Waals surface area contributed by atoms with Crippen LogP contribution in [-0.4, -0.2) is 102 Å². The molecule has 12 nitrogen and oxygen atoms in total. The van der Waals surface area contributed by atoms with Crippen LogP contribution in [0.3, 0.4) is 0 Å². The highest BCUT2D eigenvalue weighted by Crippen LogP contribution is 2.32. The van der Waals surface area contributed by atoms with Gasteiger partial charge in [-0.05, 0) is 76.4 Å². The molecule has 2 heterocycles. The number of rotatable bonds is 24. The van der Waals surface area contributed by atoms with Crippen molar-refractivity contribution < 1.29 is 28.7 Å². The maximum absolute atomic E-state index is 14.7. The summed E-state index contributed by atoms with van der Waals surface area (Å²) in [6.45, 7) is 18.1. The van der Waals surface area contributed by atoms with Crippen molar-refractivity contribution in [1.29, 1.82) is 0 Å². The highest BCUT2D eigenvalue weighted by atomic mass is 32.1. The third-order valence-electron chi connectivity index (χ3n) is 11.1. The number of nitrogens with zero attached hydrogens (tertiary/aromatic N) is 3. The van der Waals surface area contributed by atoms with Gasteiger partial charge in [0.05, 0.1) is 12.0 Å². The fraction of sp³-hybridized carbons (Fsp3) is 0.705. The van der Waals surface area contributed by atoms with E-state index in [0.29, 0.717) is 37.4 Å². The van der Waals surface area contributed by atoms with Crippen LogP contribution in [0.15, 0.2) is 35.7 Å². The lowest BCUT2D eigenvalue weighted by Crippen LogP contribution is -2.58. The molecule has 1 aromatic carbocycles. The maximum Gasteiger partial charge on any atom is 0.309 e. The van der Waals surface area contributed by atoms with E-state index >= 15 is 0 Å². The zero-order chi connectivity index (χ0) is 42.1. The van der Waals surface area contributed by atoms with E-state index in [9.17, 15) is 19.2 Å². The molecule has 320 valence electrons. The minimum atomic E-state index is -0.645. The van der Waals surface area contributed by atoms with Crippen LogP contribution in [0.2, 0.25) is 0 Å². The number of carbonyl (C=O) groups is 4. The minimum absolute atomic E-state index is 0.0523. The number of esters is 1. The van der Waals surface area contributed by atoms with Crippen molar-refractivity contribution in [2.45, 2.75) is 150 Å². The van der Waals surface area contributed by atoms with Crippen molar-refractivity contribution in [3.63, 3.8) is 0 Å². The van der Waals surface area contributed by atoms with E-state index in [0.717, 1.165) is 50.6 Å². The largest absolute Gasteiger partial charge is 0.461 e. The highest BCUT2D eigenvalue weighted by Gasteiger charge is 2.38. The monoisotopic (exact) mass is 813 g/mol. The Kier molecular flexibility index (Phi) is 20.6. The Balaban J connectivity index is 1.86. The summed E-state index contributed by atoms with van der Waals surface area (Å²) < 4.78 is 12.0. The molecule has 0 radical (unpaired) electrons. The van der Waals surface area contributed by atoms with E-state index < -0.39 is 24.2 Å². The first-order chi connectivity index (χ1) is 27.2. The zero-order valence-electron chi connectivity index (χ0n) is 36.1. The molecule has 0 spiro atoms. The first-order valence-corrected chi connectivity index (χ1v) is 22.3. The molecule has 1 aliphatic heterocycles. The van der Waals surface area contributed by atoms with Crippen molar-refractivity contribution in [2.24, 2.45) is 23.5 Å². The molecule has 0 bridgehead atoms. The molecule has 3 amide bonds. The summed E-state index contributed by atoms with van der Waals surface area (Å²) in [5, 5.41) is 8.78. The van der Waals surface area contributed by atoms with Gasteiger partial charge in [0.15, 0.2) is 0 Å². The molecule has 1 fully saturated rings. The molecule has 1 aromatic heterocycles. The van der Waals surface area contributed by atoms with Gasteiger partial charge in [-0.25, -0.2) is 4.98 Å². The molecule has 8 atom stereocenters. The number of amides is 3. The van der Waals surface area contributed by atoms with Crippen LogP contribution in [-0.2, 0) is 30.3 Å². The molecule has 13 heteroatoms. The average molecular weight is 813 g/mol. The number of hydrogen-bond acceptors (Lipinski definition) is 10. The molecule has 4 N–H and O–H groups in total. The number of hydrogen-bond donors (Lipinski definition) is 3. The van der Waals surface area contributed by atoms with E-state index in [1.165, 1.54) is 11.3 Å². The van der Waals surface area contributed by atoms with E-state index in [1.54, 1.807) is 19.2 Å². The van der Waals surface area contributed by atoms with Crippen LogP contribution in [0.4, 0.5) is 0 Å².